The van der Waals surface area contributed by atoms with Gasteiger partial charge in [0.05, 0.1) is 18.8 Å². The Morgan fingerprint density at radius 3 is 2.71 bits per heavy atom. The number of fused-ring (bicyclic) bond motifs is 5. The van der Waals surface area contributed by atoms with Crippen molar-refractivity contribution in [2.24, 2.45) is 17.3 Å². The number of benzene rings is 1. The van der Waals surface area contributed by atoms with Crippen molar-refractivity contribution in [1.29, 1.82) is 0 Å². The molecule has 0 radical (unpaired) electrons. The summed E-state index contributed by atoms with van der Waals surface area (Å²) in [5, 5.41) is 31.3. The lowest BCUT2D eigenvalue weighted by Crippen LogP contribution is -2.44. The molecular formula is C20H28O4. The quantitative estimate of drug-likeness (QED) is 0.775. The van der Waals surface area contributed by atoms with Crippen molar-refractivity contribution < 1.29 is 20.1 Å². The van der Waals surface area contributed by atoms with Crippen LogP contribution in [0.4, 0.5) is 0 Å². The third-order valence-corrected chi connectivity index (χ3v) is 7.11. The van der Waals surface area contributed by atoms with E-state index in [4.69, 9.17) is 4.74 Å². The highest BCUT2D eigenvalue weighted by molar-refractivity contribution is 5.50. The molecule has 3 N–H and O–H groups in total. The van der Waals surface area contributed by atoms with E-state index >= 15 is 0 Å². The number of aliphatic hydroxyl groups excluding tert-OH is 2. The molecule has 2 fully saturated rings. The summed E-state index contributed by atoms with van der Waals surface area (Å²) in [5.41, 5.74) is 2.00. The van der Waals surface area contributed by atoms with Crippen LogP contribution in [0.15, 0.2) is 12.1 Å². The van der Waals surface area contributed by atoms with Crippen molar-refractivity contribution in [3.05, 3.63) is 23.3 Å². The van der Waals surface area contributed by atoms with E-state index < -0.39 is 6.10 Å². The maximum Gasteiger partial charge on any atom is 0.161 e. The first kappa shape index (κ1) is 16.2. The van der Waals surface area contributed by atoms with Gasteiger partial charge in [0.25, 0.3) is 0 Å². The Bertz CT molecular complexity index is 643. The molecule has 2 saturated carbocycles. The summed E-state index contributed by atoms with van der Waals surface area (Å²) in [6.45, 7) is 4.65. The van der Waals surface area contributed by atoms with Gasteiger partial charge in [-0.25, -0.2) is 0 Å². The van der Waals surface area contributed by atoms with Crippen LogP contribution in [0.3, 0.4) is 0 Å². The molecule has 1 aromatic carbocycles. The molecule has 0 amide bonds. The zero-order valence-corrected chi connectivity index (χ0v) is 14.5. The van der Waals surface area contributed by atoms with E-state index in [1.165, 1.54) is 0 Å². The van der Waals surface area contributed by atoms with Crippen LogP contribution in [-0.2, 0) is 0 Å². The number of hydrogen-bond donors (Lipinski definition) is 3. The van der Waals surface area contributed by atoms with E-state index in [0.29, 0.717) is 30.1 Å². The largest absolute Gasteiger partial charge is 0.504 e. The van der Waals surface area contributed by atoms with Crippen molar-refractivity contribution >= 4 is 0 Å². The summed E-state index contributed by atoms with van der Waals surface area (Å²) < 4.78 is 5.57. The Balaban J connectivity index is 1.75. The molecule has 6 atom stereocenters. The summed E-state index contributed by atoms with van der Waals surface area (Å²) in [7, 11) is 0. The van der Waals surface area contributed by atoms with Gasteiger partial charge >= 0.3 is 0 Å². The van der Waals surface area contributed by atoms with Gasteiger partial charge < -0.3 is 20.1 Å². The van der Waals surface area contributed by atoms with E-state index in [0.717, 1.165) is 43.2 Å². The zero-order chi connectivity index (χ0) is 17.1. The summed E-state index contributed by atoms with van der Waals surface area (Å²) in [5.74, 6) is 1.90. The first-order valence-corrected chi connectivity index (χ1v) is 9.31. The number of aromatic hydroxyl groups is 1. The van der Waals surface area contributed by atoms with Crippen molar-refractivity contribution in [3.8, 4) is 11.5 Å². The lowest BCUT2D eigenvalue weighted by molar-refractivity contribution is -0.0372. The van der Waals surface area contributed by atoms with Crippen LogP contribution in [-0.4, -0.2) is 28.0 Å². The minimum absolute atomic E-state index is 0.00193. The standard InChI is InChI=1S/C20H28O4/c1-3-24-18-10-12-11-6-7-20(2)15(4-5-19(20)23)13(11)8-16(21)14(12)9-17(18)22/h9-11,13,15-16,19,21-23H,3-8H2,1-2H3. The van der Waals surface area contributed by atoms with Crippen molar-refractivity contribution in [2.75, 3.05) is 6.61 Å². The predicted octanol–water partition coefficient (Wildman–Crippen LogP) is 3.50. The smallest absolute Gasteiger partial charge is 0.161 e. The van der Waals surface area contributed by atoms with Crippen LogP contribution in [0, 0.1) is 17.3 Å². The number of ether oxygens (including phenoxy) is 1. The molecule has 0 aliphatic heterocycles. The molecule has 1 aromatic rings. The Morgan fingerprint density at radius 2 is 1.96 bits per heavy atom. The van der Waals surface area contributed by atoms with Crippen LogP contribution in [0.25, 0.3) is 0 Å². The topological polar surface area (TPSA) is 69.9 Å². The first-order chi connectivity index (χ1) is 11.5. The summed E-state index contributed by atoms with van der Waals surface area (Å²) in [6.07, 6.45) is 3.98. The van der Waals surface area contributed by atoms with Gasteiger partial charge in [0.2, 0.25) is 0 Å². The Kier molecular flexibility index (Phi) is 3.81. The average Bonchev–Trinajstić information content (AvgIpc) is 2.85. The SMILES string of the molecule is CCOc1cc2c(cc1O)C(O)CC1C2CCC2(C)C(O)CCC12. The number of rotatable bonds is 2. The lowest BCUT2D eigenvalue weighted by atomic mass is 9.55. The van der Waals surface area contributed by atoms with Gasteiger partial charge in [-0.1, -0.05) is 6.92 Å². The van der Waals surface area contributed by atoms with Gasteiger partial charge in [0.1, 0.15) is 0 Å². The third kappa shape index (κ3) is 2.19. The molecule has 132 valence electrons. The molecular weight excluding hydrogens is 304 g/mol. The highest BCUT2D eigenvalue weighted by Gasteiger charge is 2.55. The predicted molar refractivity (Wildman–Crippen MR) is 91.2 cm³/mol. The first-order valence-electron chi connectivity index (χ1n) is 9.31. The highest BCUT2D eigenvalue weighted by atomic mass is 16.5. The van der Waals surface area contributed by atoms with E-state index in [1.54, 1.807) is 6.07 Å². The van der Waals surface area contributed by atoms with E-state index in [1.807, 2.05) is 13.0 Å². The fraction of sp³-hybridized carbons (Fsp3) is 0.700. The van der Waals surface area contributed by atoms with Crippen LogP contribution < -0.4 is 4.74 Å². The molecule has 0 aromatic heterocycles. The van der Waals surface area contributed by atoms with Crippen molar-refractivity contribution in [1.82, 2.24) is 0 Å². The maximum atomic E-state index is 10.7. The second kappa shape index (κ2) is 5.63. The molecule has 24 heavy (non-hydrogen) atoms. The number of hydrogen-bond acceptors (Lipinski definition) is 4. The van der Waals surface area contributed by atoms with Gasteiger partial charge in [-0.2, -0.15) is 0 Å². The van der Waals surface area contributed by atoms with Crippen molar-refractivity contribution in [3.63, 3.8) is 0 Å². The van der Waals surface area contributed by atoms with Crippen LogP contribution in [0.1, 0.15) is 69.1 Å². The molecule has 0 heterocycles. The van der Waals surface area contributed by atoms with Crippen LogP contribution >= 0.6 is 0 Å². The van der Waals surface area contributed by atoms with E-state index in [9.17, 15) is 15.3 Å². The molecule has 6 unspecified atom stereocenters. The number of phenols is 1. The second-order valence-electron chi connectivity index (χ2n) is 8.15. The minimum Gasteiger partial charge on any atom is -0.504 e. The van der Waals surface area contributed by atoms with Gasteiger partial charge in [-0.15, -0.1) is 0 Å². The normalized spacial score (nSPS) is 40.6. The summed E-state index contributed by atoms with van der Waals surface area (Å²) in [6, 6.07) is 3.64. The molecule has 4 rings (SSSR count). The monoisotopic (exact) mass is 332 g/mol. The zero-order valence-electron chi connectivity index (χ0n) is 14.5. The number of phenolic OH excluding ortho intramolecular Hbond substituents is 1. The van der Waals surface area contributed by atoms with Gasteiger partial charge in [-0.05, 0) is 85.5 Å². The maximum absolute atomic E-state index is 10.7. The minimum atomic E-state index is -0.539. The third-order valence-electron chi connectivity index (χ3n) is 7.11. The lowest BCUT2D eigenvalue weighted by Gasteiger charge is -2.51. The molecule has 0 bridgehead atoms. The molecule has 0 spiro atoms. The second-order valence-corrected chi connectivity index (χ2v) is 8.15. The van der Waals surface area contributed by atoms with E-state index in [2.05, 4.69) is 6.92 Å². The Labute approximate surface area is 143 Å². The Morgan fingerprint density at radius 1 is 1.17 bits per heavy atom. The van der Waals surface area contributed by atoms with Crippen molar-refractivity contribution in [2.45, 2.75) is 64.1 Å². The fourth-order valence-electron chi connectivity index (χ4n) is 5.84. The van der Waals surface area contributed by atoms with Crippen LogP contribution in [0.5, 0.6) is 11.5 Å². The molecule has 4 heteroatoms. The number of aliphatic hydroxyl groups is 2. The summed E-state index contributed by atoms with van der Waals surface area (Å²) in [4.78, 5) is 0. The van der Waals surface area contributed by atoms with E-state index in [-0.39, 0.29) is 17.3 Å². The highest BCUT2D eigenvalue weighted by Crippen LogP contribution is 2.62. The molecule has 3 aliphatic carbocycles. The van der Waals surface area contributed by atoms with Gasteiger partial charge in [-0.3, -0.25) is 0 Å². The fourth-order valence-corrected chi connectivity index (χ4v) is 5.84. The van der Waals surface area contributed by atoms with Gasteiger partial charge in [0, 0.05) is 0 Å². The molecule has 4 nitrogen and oxygen atoms in total. The summed E-state index contributed by atoms with van der Waals surface area (Å²) >= 11 is 0. The molecule has 0 saturated heterocycles. The average molecular weight is 332 g/mol. The van der Waals surface area contributed by atoms with Gasteiger partial charge in [0.15, 0.2) is 11.5 Å². The molecule has 3 aliphatic rings. The van der Waals surface area contributed by atoms with Crippen LogP contribution in [0.2, 0.25) is 0 Å². The Hall–Kier alpha value is -1.26.